The lowest BCUT2D eigenvalue weighted by atomic mass is 10.2. The van der Waals surface area contributed by atoms with Crippen LogP contribution in [0.5, 0.6) is 0 Å². The molecule has 0 amide bonds. The Morgan fingerprint density at radius 3 is 2.50 bits per heavy atom. The zero-order valence-electron chi connectivity index (χ0n) is 8.03. The molecule has 0 spiro atoms. The van der Waals surface area contributed by atoms with E-state index in [1.54, 1.807) is 30.4 Å². The topological polar surface area (TPSA) is 34.1 Å². The molecule has 0 heterocycles. The van der Waals surface area contributed by atoms with Gasteiger partial charge in [-0.25, -0.2) is 8.42 Å². The minimum atomic E-state index is -3.20. The Balaban J connectivity index is 3.80. The summed E-state index contributed by atoms with van der Waals surface area (Å²) >= 11 is 0. The first-order valence-corrected chi connectivity index (χ1v) is 5.96. The van der Waals surface area contributed by atoms with E-state index < -0.39 is 9.84 Å². The molecule has 0 radical (unpaired) electrons. The van der Waals surface area contributed by atoms with E-state index in [0.717, 1.165) is 0 Å². The molecule has 2 nitrogen and oxygen atoms in total. The summed E-state index contributed by atoms with van der Waals surface area (Å²) in [4.78, 5) is 0.296. The average molecular weight is 208 g/mol. The van der Waals surface area contributed by atoms with Crippen molar-refractivity contribution >= 4 is 22.5 Å². The molecule has 0 aliphatic heterocycles. The fourth-order valence-electron chi connectivity index (χ4n) is 1.22. The van der Waals surface area contributed by atoms with E-state index in [2.05, 4.69) is 13.2 Å². The molecule has 0 aliphatic carbocycles. The summed E-state index contributed by atoms with van der Waals surface area (Å²) in [5, 5.41) is 1.30. The molecule has 0 unspecified atom stereocenters. The van der Waals surface area contributed by atoms with Crippen LogP contribution in [0.25, 0.3) is 12.7 Å². The molecule has 1 rings (SSSR count). The maximum atomic E-state index is 11.4. The van der Waals surface area contributed by atoms with E-state index in [9.17, 15) is 8.42 Å². The molecule has 74 valence electrons. The lowest BCUT2D eigenvalue weighted by Crippen LogP contribution is -2.28. The standard InChI is InChI=1S/C11H12O2S/c1-4-6-10-9(2)7-5-8-11(10)14(3,12)13/h4-8H,1-2H2,3H3/b10-6+. The first-order valence-electron chi connectivity index (χ1n) is 4.07. The third kappa shape index (κ3) is 2.12. The number of hydrogen-bond donors (Lipinski definition) is 0. The second-order valence-corrected chi connectivity index (χ2v) is 4.99. The van der Waals surface area contributed by atoms with Crippen LogP contribution in [0.1, 0.15) is 0 Å². The third-order valence-corrected chi connectivity index (χ3v) is 3.00. The Hall–Kier alpha value is -1.35. The molecule has 3 heteroatoms. The number of rotatable bonds is 2. The largest absolute Gasteiger partial charge is 0.224 e. The quantitative estimate of drug-likeness (QED) is 0.708. The van der Waals surface area contributed by atoms with E-state index >= 15 is 0 Å². The van der Waals surface area contributed by atoms with Crippen LogP contribution in [0.2, 0.25) is 0 Å². The van der Waals surface area contributed by atoms with Crippen molar-refractivity contribution in [2.45, 2.75) is 4.90 Å². The van der Waals surface area contributed by atoms with Crippen molar-refractivity contribution in [3.05, 3.63) is 41.3 Å². The monoisotopic (exact) mass is 208 g/mol. The molecular weight excluding hydrogens is 196 g/mol. The van der Waals surface area contributed by atoms with Gasteiger partial charge < -0.3 is 0 Å². The maximum Gasteiger partial charge on any atom is 0.176 e. The Bertz CT molecular complexity index is 553. The van der Waals surface area contributed by atoms with Crippen molar-refractivity contribution in [3.63, 3.8) is 0 Å². The minimum Gasteiger partial charge on any atom is -0.224 e. The first-order chi connectivity index (χ1) is 6.46. The minimum absolute atomic E-state index is 0.296. The molecule has 0 bridgehead atoms. The fourth-order valence-corrected chi connectivity index (χ4v) is 2.14. The van der Waals surface area contributed by atoms with Crippen LogP contribution in [-0.2, 0) is 9.84 Å². The number of hydrogen-bond acceptors (Lipinski definition) is 2. The SMILES string of the molecule is C=C/C=c1/c(S(C)(=O)=O)cccc1=C. The molecule has 0 aromatic heterocycles. The van der Waals surface area contributed by atoms with Gasteiger partial charge in [-0.15, -0.1) is 0 Å². The lowest BCUT2D eigenvalue weighted by molar-refractivity contribution is 0.601. The molecular formula is C11H12O2S. The van der Waals surface area contributed by atoms with Gasteiger partial charge >= 0.3 is 0 Å². The smallest absolute Gasteiger partial charge is 0.176 e. The van der Waals surface area contributed by atoms with Gasteiger partial charge in [0.15, 0.2) is 9.84 Å². The Morgan fingerprint density at radius 2 is 2.00 bits per heavy atom. The zero-order chi connectivity index (χ0) is 10.8. The van der Waals surface area contributed by atoms with Crippen LogP contribution < -0.4 is 10.4 Å². The van der Waals surface area contributed by atoms with Crippen molar-refractivity contribution < 1.29 is 8.42 Å². The number of benzene rings is 1. The number of sulfone groups is 1. The predicted octanol–water partition coefficient (Wildman–Crippen LogP) is 0.467. The Morgan fingerprint density at radius 1 is 1.36 bits per heavy atom. The van der Waals surface area contributed by atoms with Gasteiger partial charge in [-0.05, 0) is 16.5 Å². The highest BCUT2D eigenvalue weighted by Gasteiger charge is 2.07. The normalized spacial score (nSPS) is 12.8. The van der Waals surface area contributed by atoms with Gasteiger partial charge in [0.2, 0.25) is 0 Å². The summed E-state index contributed by atoms with van der Waals surface area (Å²) in [6.45, 7) is 7.31. The molecule has 14 heavy (non-hydrogen) atoms. The number of allylic oxidation sites excluding steroid dienone is 1. The highest BCUT2D eigenvalue weighted by molar-refractivity contribution is 7.90. The summed E-state index contributed by atoms with van der Waals surface area (Å²) < 4.78 is 22.8. The third-order valence-electron chi connectivity index (χ3n) is 1.84. The van der Waals surface area contributed by atoms with Crippen LogP contribution in [0.4, 0.5) is 0 Å². The van der Waals surface area contributed by atoms with Gasteiger partial charge in [-0.1, -0.05) is 37.4 Å². The second kappa shape index (κ2) is 3.80. The van der Waals surface area contributed by atoms with Crippen molar-refractivity contribution in [3.8, 4) is 0 Å². The molecule has 0 N–H and O–H groups in total. The average Bonchev–Trinajstić information content (AvgIpc) is 2.07. The summed E-state index contributed by atoms with van der Waals surface area (Å²) in [7, 11) is -3.20. The van der Waals surface area contributed by atoms with E-state index in [1.165, 1.54) is 6.26 Å². The first kappa shape index (κ1) is 10.7. The van der Waals surface area contributed by atoms with Crippen LogP contribution in [0.3, 0.4) is 0 Å². The molecule has 0 saturated heterocycles. The van der Waals surface area contributed by atoms with Crippen molar-refractivity contribution in [2.24, 2.45) is 0 Å². The van der Waals surface area contributed by atoms with Crippen LogP contribution in [-0.4, -0.2) is 14.7 Å². The van der Waals surface area contributed by atoms with Crippen molar-refractivity contribution in [1.82, 2.24) is 0 Å². The van der Waals surface area contributed by atoms with Gasteiger partial charge in [0, 0.05) is 6.26 Å². The van der Waals surface area contributed by atoms with Crippen LogP contribution >= 0.6 is 0 Å². The lowest BCUT2D eigenvalue weighted by Gasteiger charge is -1.99. The zero-order valence-corrected chi connectivity index (χ0v) is 8.84. The van der Waals surface area contributed by atoms with E-state index in [4.69, 9.17) is 0 Å². The fraction of sp³-hybridized carbons (Fsp3) is 0.0909. The molecule has 1 aromatic carbocycles. The van der Waals surface area contributed by atoms with Crippen LogP contribution in [0.15, 0.2) is 35.7 Å². The molecule has 0 fully saturated rings. The summed E-state index contributed by atoms with van der Waals surface area (Å²) in [5.41, 5.74) is 0. The summed E-state index contributed by atoms with van der Waals surface area (Å²) in [6, 6.07) is 5.02. The maximum absolute atomic E-state index is 11.4. The molecule has 0 atom stereocenters. The highest BCUT2D eigenvalue weighted by Crippen LogP contribution is 1.99. The van der Waals surface area contributed by atoms with Crippen LogP contribution in [0, 0.1) is 0 Å². The van der Waals surface area contributed by atoms with Gasteiger partial charge in [0.1, 0.15) is 0 Å². The molecule has 0 aliphatic rings. The van der Waals surface area contributed by atoms with Gasteiger partial charge in [0.05, 0.1) is 4.90 Å². The Kier molecular flexibility index (Phi) is 2.91. The molecule has 0 saturated carbocycles. The van der Waals surface area contributed by atoms with Crippen molar-refractivity contribution in [1.29, 1.82) is 0 Å². The predicted molar refractivity (Wildman–Crippen MR) is 59.0 cm³/mol. The van der Waals surface area contributed by atoms with Gasteiger partial charge in [0.25, 0.3) is 0 Å². The Labute approximate surface area is 83.8 Å². The van der Waals surface area contributed by atoms with Gasteiger partial charge in [-0.3, -0.25) is 0 Å². The van der Waals surface area contributed by atoms with Crippen molar-refractivity contribution in [2.75, 3.05) is 6.26 Å². The van der Waals surface area contributed by atoms with E-state index in [1.807, 2.05) is 0 Å². The second-order valence-electron chi connectivity index (χ2n) is 3.00. The van der Waals surface area contributed by atoms with E-state index in [0.29, 0.717) is 15.3 Å². The summed E-state index contributed by atoms with van der Waals surface area (Å²) in [5.74, 6) is 0. The highest BCUT2D eigenvalue weighted by atomic mass is 32.2. The molecule has 1 aromatic rings. The van der Waals surface area contributed by atoms with E-state index in [-0.39, 0.29) is 0 Å². The van der Waals surface area contributed by atoms with Gasteiger partial charge in [-0.2, -0.15) is 0 Å². The summed E-state index contributed by atoms with van der Waals surface area (Å²) in [6.07, 6.45) is 4.39.